The van der Waals surface area contributed by atoms with Gasteiger partial charge >= 0.3 is 5.97 Å². The molecule has 126 valence electrons. The first-order chi connectivity index (χ1) is 11.4. The summed E-state index contributed by atoms with van der Waals surface area (Å²) in [5.74, 6) is -1.33. The average molecular weight is 325 g/mol. The quantitative estimate of drug-likeness (QED) is 0.822. The van der Waals surface area contributed by atoms with Gasteiger partial charge in [-0.2, -0.15) is 0 Å². The van der Waals surface area contributed by atoms with E-state index >= 15 is 0 Å². The first kappa shape index (κ1) is 17.7. The van der Waals surface area contributed by atoms with Crippen molar-refractivity contribution in [2.24, 2.45) is 0 Å². The highest BCUT2D eigenvalue weighted by Gasteiger charge is 2.34. The molecule has 24 heavy (non-hydrogen) atoms. The Morgan fingerprint density at radius 3 is 2.08 bits per heavy atom. The minimum absolute atomic E-state index is 0.168. The highest BCUT2D eigenvalue weighted by molar-refractivity contribution is 5.88. The van der Waals surface area contributed by atoms with Crippen LogP contribution in [0.2, 0.25) is 0 Å². The number of carbonyl (C=O) groups excluding carboxylic acids is 1. The Hall–Kier alpha value is -2.62. The molecule has 1 amide bonds. The van der Waals surface area contributed by atoms with Gasteiger partial charge in [-0.1, -0.05) is 61.5 Å². The van der Waals surface area contributed by atoms with Crippen LogP contribution >= 0.6 is 0 Å². The number of aryl methyl sites for hydroxylation is 1. The molecule has 0 aliphatic carbocycles. The second-order valence-electron chi connectivity index (χ2n) is 6.19. The summed E-state index contributed by atoms with van der Waals surface area (Å²) in [6, 6.07) is 17.1. The molecule has 2 aromatic rings. The summed E-state index contributed by atoms with van der Waals surface area (Å²) >= 11 is 0. The molecule has 4 heteroatoms. The summed E-state index contributed by atoms with van der Waals surface area (Å²) < 4.78 is 0. The zero-order chi connectivity index (χ0) is 17.6. The zero-order valence-corrected chi connectivity index (χ0v) is 14.1. The third kappa shape index (κ3) is 4.69. The Morgan fingerprint density at radius 1 is 0.958 bits per heavy atom. The smallest absolute Gasteiger partial charge is 0.329 e. The number of amides is 1. The molecule has 0 aliphatic rings. The summed E-state index contributed by atoms with van der Waals surface area (Å²) in [4.78, 5) is 24.0. The SMILES string of the molecule is CCc1ccc(CC(=O)N[C@](C)(Cc2ccccc2)C(=O)O)cc1. The Labute approximate surface area is 142 Å². The van der Waals surface area contributed by atoms with Crippen LogP contribution in [0, 0.1) is 0 Å². The minimum atomic E-state index is -1.33. The highest BCUT2D eigenvalue weighted by Crippen LogP contribution is 2.15. The third-order valence-electron chi connectivity index (χ3n) is 4.08. The van der Waals surface area contributed by atoms with Crippen molar-refractivity contribution in [2.75, 3.05) is 0 Å². The Kier molecular flexibility index (Phi) is 5.74. The molecular formula is C20H23NO3. The Balaban J connectivity index is 2.05. The molecule has 0 saturated heterocycles. The molecule has 0 radical (unpaired) electrons. The van der Waals surface area contributed by atoms with Crippen LogP contribution in [0.5, 0.6) is 0 Å². The molecule has 0 bridgehead atoms. The highest BCUT2D eigenvalue weighted by atomic mass is 16.4. The van der Waals surface area contributed by atoms with E-state index in [1.54, 1.807) is 6.92 Å². The summed E-state index contributed by atoms with van der Waals surface area (Å²) in [5.41, 5.74) is 1.62. The van der Waals surface area contributed by atoms with Crippen molar-refractivity contribution in [3.8, 4) is 0 Å². The summed E-state index contributed by atoms with van der Waals surface area (Å²) in [6.07, 6.45) is 1.35. The van der Waals surface area contributed by atoms with Gasteiger partial charge in [0.25, 0.3) is 0 Å². The van der Waals surface area contributed by atoms with Crippen molar-refractivity contribution in [1.29, 1.82) is 0 Å². The summed E-state index contributed by atoms with van der Waals surface area (Å²) in [5, 5.41) is 12.2. The molecule has 4 nitrogen and oxygen atoms in total. The monoisotopic (exact) mass is 325 g/mol. The first-order valence-corrected chi connectivity index (χ1v) is 8.09. The Morgan fingerprint density at radius 2 is 1.54 bits per heavy atom. The predicted octanol–water partition coefficient (Wildman–Crippen LogP) is 2.99. The molecule has 0 fully saturated rings. The minimum Gasteiger partial charge on any atom is -0.480 e. The van der Waals surface area contributed by atoms with Gasteiger partial charge in [0.15, 0.2) is 0 Å². The van der Waals surface area contributed by atoms with Crippen molar-refractivity contribution in [1.82, 2.24) is 5.32 Å². The number of carbonyl (C=O) groups is 2. The second-order valence-corrected chi connectivity index (χ2v) is 6.19. The van der Waals surface area contributed by atoms with Crippen LogP contribution in [-0.2, 0) is 28.9 Å². The van der Waals surface area contributed by atoms with Crippen molar-refractivity contribution >= 4 is 11.9 Å². The fraction of sp³-hybridized carbons (Fsp3) is 0.300. The number of benzene rings is 2. The maximum absolute atomic E-state index is 12.3. The summed E-state index contributed by atoms with van der Waals surface area (Å²) in [6.45, 7) is 3.62. The Bertz CT molecular complexity index is 695. The largest absolute Gasteiger partial charge is 0.480 e. The molecule has 0 heterocycles. The van der Waals surface area contributed by atoms with E-state index in [1.807, 2.05) is 54.6 Å². The van der Waals surface area contributed by atoms with Gasteiger partial charge in [-0.15, -0.1) is 0 Å². The van der Waals surface area contributed by atoms with Crippen LogP contribution in [0.15, 0.2) is 54.6 Å². The predicted molar refractivity (Wildman–Crippen MR) is 93.9 cm³/mol. The molecule has 2 aromatic carbocycles. The number of hydrogen-bond acceptors (Lipinski definition) is 2. The number of hydrogen-bond donors (Lipinski definition) is 2. The van der Waals surface area contributed by atoms with E-state index in [1.165, 1.54) is 5.56 Å². The number of aliphatic carboxylic acids is 1. The normalized spacial score (nSPS) is 13.1. The van der Waals surface area contributed by atoms with Gasteiger partial charge in [-0.05, 0) is 30.0 Å². The lowest BCUT2D eigenvalue weighted by Crippen LogP contribution is -2.54. The van der Waals surface area contributed by atoms with Crippen LogP contribution in [0.4, 0.5) is 0 Å². The van der Waals surface area contributed by atoms with Gasteiger partial charge in [0.1, 0.15) is 5.54 Å². The maximum Gasteiger partial charge on any atom is 0.329 e. The molecular weight excluding hydrogens is 302 g/mol. The molecule has 0 unspecified atom stereocenters. The fourth-order valence-electron chi connectivity index (χ4n) is 2.61. The van der Waals surface area contributed by atoms with Gasteiger partial charge in [-0.25, -0.2) is 4.79 Å². The first-order valence-electron chi connectivity index (χ1n) is 8.09. The maximum atomic E-state index is 12.3. The lowest BCUT2D eigenvalue weighted by atomic mass is 9.92. The van der Waals surface area contributed by atoms with E-state index in [0.29, 0.717) is 0 Å². The fourth-order valence-corrected chi connectivity index (χ4v) is 2.61. The summed E-state index contributed by atoms with van der Waals surface area (Å²) in [7, 11) is 0. The van der Waals surface area contributed by atoms with Crippen LogP contribution in [-0.4, -0.2) is 22.5 Å². The number of nitrogens with one attached hydrogen (secondary N) is 1. The third-order valence-corrected chi connectivity index (χ3v) is 4.08. The lowest BCUT2D eigenvalue weighted by molar-refractivity contribution is -0.146. The van der Waals surface area contributed by atoms with Crippen LogP contribution in [0.3, 0.4) is 0 Å². The van der Waals surface area contributed by atoms with E-state index < -0.39 is 11.5 Å². The molecule has 2 rings (SSSR count). The van der Waals surface area contributed by atoms with Crippen molar-refractivity contribution in [3.05, 3.63) is 71.3 Å². The number of carboxylic acid groups (broad SMARTS) is 1. The van der Waals surface area contributed by atoms with Gasteiger partial charge in [0, 0.05) is 6.42 Å². The van der Waals surface area contributed by atoms with E-state index in [2.05, 4.69) is 12.2 Å². The average Bonchev–Trinajstić information content (AvgIpc) is 2.56. The van der Waals surface area contributed by atoms with Gasteiger partial charge < -0.3 is 10.4 Å². The number of rotatable bonds is 7. The van der Waals surface area contributed by atoms with Crippen LogP contribution in [0.1, 0.15) is 30.5 Å². The van der Waals surface area contributed by atoms with Gasteiger partial charge in [0.2, 0.25) is 5.91 Å². The van der Waals surface area contributed by atoms with E-state index in [0.717, 1.165) is 17.5 Å². The second kappa shape index (κ2) is 7.77. The molecule has 1 atom stereocenters. The molecule has 2 N–H and O–H groups in total. The van der Waals surface area contributed by atoms with Crippen molar-refractivity contribution in [3.63, 3.8) is 0 Å². The van der Waals surface area contributed by atoms with E-state index in [4.69, 9.17) is 0 Å². The van der Waals surface area contributed by atoms with Gasteiger partial charge in [0.05, 0.1) is 6.42 Å². The number of carboxylic acids is 1. The lowest BCUT2D eigenvalue weighted by Gasteiger charge is -2.26. The standard InChI is InChI=1S/C20H23NO3/c1-3-15-9-11-16(12-10-15)13-18(22)21-20(2,19(23)24)14-17-7-5-4-6-8-17/h4-12H,3,13-14H2,1-2H3,(H,21,22)(H,23,24)/t20-/m1/s1. The van der Waals surface area contributed by atoms with E-state index in [-0.39, 0.29) is 18.7 Å². The topological polar surface area (TPSA) is 66.4 Å². The molecule has 0 spiro atoms. The molecule has 0 aliphatic heterocycles. The molecule has 0 saturated carbocycles. The molecule has 0 aromatic heterocycles. The van der Waals surface area contributed by atoms with E-state index in [9.17, 15) is 14.7 Å². The van der Waals surface area contributed by atoms with Crippen molar-refractivity contribution < 1.29 is 14.7 Å². The van der Waals surface area contributed by atoms with Crippen LogP contribution in [0.25, 0.3) is 0 Å². The van der Waals surface area contributed by atoms with Crippen LogP contribution < -0.4 is 5.32 Å². The van der Waals surface area contributed by atoms with Crippen molar-refractivity contribution in [2.45, 2.75) is 38.6 Å². The zero-order valence-electron chi connectivity index (χ0n) is 14.1. The van der Waals surface area contributed by atoms with Gasteiger partial charge in [-0.3, -0.25) is 4.79 Å².